The third-order valence-corrected chi connectivity index (χ3v) is 3.58. The summed E-state index contributed by atoms with van der Waals surface area (Å²) in [4.78, 5) is 4.69. The predicted molar refractivity (Wildman–Crippen MR) is 88.1 cm³/mol. The topological polar surface area (TPSA) is 17.8 Å². The van der Waals surface area contributed by atoms with Gasteiger partial charge in [0.1, 0.15) is 0 Å². The number of aromatic nitrogens is 2. The van der Waals surface area contributed by atoms with Crippen LogP contribution >= 0.6 is 0 Å². The molecule has 0 amide bonds. The first-order chi connectivity index (χ1) is 10.1. The van der Waals surface area contributed by atoms with E-state index < -0.39 is 0 Å². The maximum atomic E-state index is 4.69. The van der Waals surface area contributed by atoms with Gasteiger partial charge < -0.3 is 4.57 Å². The van der Waals surface area contributed by atoms with E-state index in [1.54, 1.807) is 0 Å². The first kappa shape index (κ1) is 13.6. The average molecular weight is 276 g/mol. The summed E-state index contributed by atoms with van der Waals surface area (Å²) in [5, 5.41) is 0. The van der Waals surface area contributed by atoms with Crippen LogP contribution in [0.1, 0.15) is 20.8 Å². The third-order valence-electron chi connectivity index (χ3n) is 3.58. The summed E-state index contributed by atoms with van der Waals surface area (Å²) in [6.07, 6.45) is 1.95. The number of hydrogen-bond donors (Lipinski definition) is 0. The van der Waals surface area contributed by atoms with Gasteiger partial charge in [-0.05, 0) is 20.8 Å². The Morgan fingerprint density at radius 3 is 1.81 bits per heavy atom. The van der Waals surface area contributed by atoms with Gasteiger partial charge in [-0.15, -0.1) is 0 Å². The fourth-order valence-corrected chi connectivity index (χ4v) is 2.54. The Morgan fingerprint density at radius 2 is 1.29 bits per heavy atom. The SMILES string of the molecule is CC(C)(C)n1cnc(-c2ccccc2)c1-c1ccccc1. The highest BCUT2D eigenvalue weighted by Crippen LogP contribution is 2.34. The number of hydrogen-bond acceptors (Lipinski definition) is 1. The number of benzene rings is 2. The van der Waals surface area contributed by atoms with E-state index >= 15 is 0 Å². The molecule has 0 atom stereocenters. The predicted octanol–water partition coefficient (Wildman–Crippen LogP) is 4.97. The van der Waals surface area contributed by atoms with Gasteiger partial charge in [-0.25, -0.2) is 4.98 Å². The molecule has 0 N–H and O–H groups in total. The molecule has 21 heavy (non-hydrogen) atoms. The molecule has 3 rings (SSSR count). The van der Waals surface area contributed by atoms with Crippen LogP contribution < -0.4 is 0 Å². The highest BCUT2D eigenvalue weighted by atomic mass is 15.1. The van der Waals surface area contributed by atoms with Crippen molar-refractivity contribution in [3.63, 3.8) is 0 Å². The molecule has 2 nitrogen and oxygen atoms in total. The monoisotopic (exact) mass is 276 g/mol. The number of rotatable bonds is 2. The maximum Gasteiger partial charge on any atom is 0.0963 e. The molecule has 0 unspecified atom stereocenters. The second-order valence-corrected chi connectivity index (χ2v) is 6.21. The summed E-state index contributed by atoms with van der Waals surface area (Å²) in [6.45, 7) is 6.61. The molecule has 3 aromatic rings. The van der Waals surface area contributed by atoms with E-state index in [-0.39, 0.29) is 5.54 Å². The van der Waals surface area contributed by atoms with Crippen LogP contribution in [0.25, 0.3) is 22.5 Å². The first-order valence-electron chi connectivity index (χ1n) is 7.26. The van der Waals surface area contributed by atoms with Crippen molar-refractivity contribution in [2.45, 2.75) is 26.3 Å². The average Bonchev–Trinajstić information content (AvgIpc) is 2.94. The van der Waals surface area contributed by atoms with Crippen molar-refractivity contribution in [2.24, 2.45) is 0 Å². The fourth-order valence-electron chi connectivity index (χ4n) is 2.54. The molecule has 0 saturated carbocycles. The molecular formula is C19H20N2. The van der Waals surface area contributed by atoms with Gasteiger partial charge in [-0.1, -0.05) is 60.7 Å². The molecule has 1 aromatic heterocycles. The van der Waals surface area contributed by atoms with E-state index in [4.69, 9.17) is 4.98 Å². The van der Waals surface area contributed by atoms with Gasteiger partial charge in [0.2, 0.25) is 0 Å². The molecule has 0 aliphatic carbocycles. The lowest BCUT2D eigenvalue weighted by Gasteiger charge is -2.24. The van der Waals surface area contributed by atoms with Crippen LogP contribution in [0.2, 0.25) is 0 Å². The van der Waals surface area contributed by atoms with E-state index in [1.807, 2.05) is 18.5 Å². The van der Waals surface area contributed by atoms with E-state index in [1.165, 1.54) is 11.3 Å². The summed E-state index contributed by atoms with van der Waals surface area (Å²) in [5.74, 6) is 0. The van der Waals surface area contributed by atoms with Crippen molar-refractivity contribution in [2.75, 3.05) is 0 Å². The highest BCUT2D eigenvalue weighted by molar-refractivity contribution is 5.78. The van der Waals surface area contributed by atoms with Crippen molar-refractivity contribution in [3.8, 4) is 22.5 Å². The van der Waals surface area contributed by atoms with Crippen LogP contribution in [-0.4, -0.2) is 9.55 Å². The minimum absolute atomic E-state index is 0.00873. The van der Waals surface area contributed by atoms with Crippen molar-refractivity contribution in [1.82, 2.24) is 9.55 Å². The van der Waals surface area contributed by atoms with Gasteiger partial charge in [0.15, 0.2) is 0 Å². The van der Waals surface area contributed by atoms with Crippen LogP contribution in [0, 0.1) is 0 Å². The molecule has 106 valence electrons. The van der Waals surface area contributed by atoms with Crippen molar-refractivity contribution in [1.29, 1.82) is 0 Å². The molecule has 0 aliphatic rings. The lowest BCUT2D eigenvalue weighted by molar-refractivity contribution is 0.400. The van der Waals surface area contributed by atoms with Crippen molar-refractivity contribution >= 4 is 0 Å². The highest BCUT2D eigenvalue weighted by Gasteiger charge is 2.22. The van der Waals surface area contributed by atoms with Crippen molar-refractivity contribution in [3.05, 3.63) is 67.0 Å². The second kappa shape index (κ2) is 5.21. The van der Waals surface area contributed by atoms with Gasteiger partial charge >= 0.3 is 0 Å². The van der Waals surface area contributed by atoms with Crippen LogP contribution in [0.15, 0.2) is 67.0 Å². The maximum absolute atomic E-state index is 4.69. The third kappa shape index (κ3) is 2.62. The molecule has 0 saturated heterocycles. The van der Waals surface area contributed by atoms with Gasteiger partial charge in [0, 0.05) is 16.7 Å². The normalized spacial score (nSPS) is 11.6. The summed E-state index contributed by atoms with van der Waals surface area (Å²) >= 11 is 0. The summed E-state index contributed by atoms with van der Waals surface area (Å²) < 4.78 is 2.25. The summed E-state index contributed by atoms with van der Waals surface area (Å²) in [5.41, 5.74) is 4.56. The Bertz CT molecular complexity index is 719. The number of nitrogens with zero attached hydrogens (tertiary/aromatic N) is 2. The fraction of sp³-hybridized carbons (Fsp3) is 0.211. The molecule has 0 bridgehead atoms. The Kier molecular flexibility index (Phi) is 3.38. The van der Waals surface area contributed by atoms with Crippen LogP contribution in [-0.2, 0) is 5.54 Å². The zero-order valence-electron chi connectivity index (χ0n) is 12.7. The van der Waals surface area contributed by atoms with E-state index in [9.17, 15) is 0 Å². The molecular weight excluding hydrogens is 256 g/mol. The number of imidazole rings is 1. The lowest BCUT2D eigenvalue weighted by atomic mass is 10.0. The Morgan fingerprint density at radius 1 is 0.762 bits per heavy atom. The van der Waals surface area contributed by atoms with Crippen LogP contribution in [0.3, 0.4) is 0 Å². The van der Waals surface area contributed by atoms with Crippen LogP contribution in [0.5, 0.6) is 0 Å². The van der Waals surface area contributed by atoms with Gasteiger partial charge in [-0.3, -0.25) is 0 Å². The largest absolute Gasteiger partial charge is 0.325 e. The Labute approximate surface area is 126 Å². The van der Waals surface area contributed by atoms with Gasteiger partial charge in [0.25, 0.3) is 0 Å². The quantitative estimate of drug-likeness (QED) is 0.646. The molecule has 0 fully saturated rings. The standard InChI is InChI=1S/C19H20N2/c1-19(2,3)21-14-20-17(15-10-6-4-7-11-15)18(21)16-12-8-5-9-13-16/h4-14H,1-3H3. The molecule has 2 heteroatoms. The molecule has 1 heterocycles. The van der Waals surface area contributed by atoms with E-state index in [2.05, 4.69) is 73.9 Å². The smallest absolute Gasteiger partial charge is 0.0963 e. The van der Waals surface area contributed by atoms with Gasteiger partial charge in [0.05, 0.1) is 17.7 Å². The Hall–Kier alpha value is -2.35. The van der Waals surface area contributed by atoms with Crippen LogP contribution in [0.4, 0.5) is 0 Å². The minimum atomic E-state index is -0.00873. The molecule has 0 aliphatic heterocycles. The Balaban J connectivity index is 2.26. The summed E-state index contributed by atoms with van der Waals surface area (Å²) in [7, 11) is 0. The molecule has 2 aromatic carbocycles. The zero-order valence-corrected chi connectivity index (χ0v) is 12.7. The van der Waals surface area contributed by atoms with E-state index in [0.717, 1.165) is 11.3 Å². The zero-order chi connectivity index (χ0) is 14.9. The van der Waals surface area contributed by atoms with Gasteiger partial charge in [-0.2, -0.15) is 0 Å². The minimum Gasteiger partial charge on any atom is -0.325 e. The molecule has 0 spiro atoms. The first-order valence-corrected chi connectivity index (χ1v) is 7.26. The van der Waals surface area contributed by atoms with Crippen molar-refractivity contribution < 1.29 is 0 Å². The summed E-state index contributed by atoms with van der Waals surface area (Å²) in [6, 6.07) is 20.9. The molecule has 0 radical (unpaired) electrons. The van der Waals surface area contributed by atoms with E-state index in [0.29, 0.717) is 0 Å². The second-order valence-electron chi connectivity index (χ2n) is 6.21. The lowest BCUT2D eigenvalue weighted by Crippen LogP contribution is -2.21.